The summed E-state index contributed by atoms with van der Waals surface area (Å²) in [6, 6.07) is 9.59. The number of hydrogen-bond donors (Lipinski definition) is 0. The van der Waals surface area contributed by atoms with Gasteiger partial charge in [0, 0.05) is 70.3 Å². The highest BCUT2D eigenvalue weighted by molar-refractivity contribution is 5.95. The molecule has 8 nitrogen and oxygen atoms in total. The van der Waals surface area contributed by atoms with E-state index in [4.69, 9.17) is 0 Å². The van der Waals surface area contributed by atoms with E-state index in [0.717, 1.165) is 44.2 Å². The Balaban J connectivity index is 1.39. The van der Waals surface area contributed by atoms with E-state index in [-0.39, 0.29) is 5.91 Å². The van der Waals surface area contributed by atoms with Crippen molar-refractivity contribution < 1.29 is 9.59 Å². The lowest BCUT2D eigenvalue weighted by molar-refractivity contribution is -0.119. The van der Waals surface area contributed by atoms with Gasteiger partial charge in [0.2, 0.25) is 6.41 Å². The first-order valence-corrected chi connectivity index (χ1v) is 9.60. The summed E-state index contributed by atoms with van der Waals surface area (Å²) in [5, 5.41) is 0. The molecule has 4 heterocycles. The number of hydrogen-bond acceptors (Lipinski definition) is 6. The first-order valence-electron chi connectivity index (χ1n) is 9.60. The van der Waals surface area contributed by atoms with E-state index in [1.807, 2.05) is 30.5 Å². The Labute approximate surface area is 164 Å². The molecule has 0 N–H and O–H groups in total. The van der Waals surface area contributed by atoms with Crippen LogP contribution in [0.15, 0.2) is 42.7 Å². The van der Waals surface area contributed by atoms with E-state index in [0.29, 0.717) is 31.7 Å². The van der Waals surface area contributed by atoms with E-state index in [1.165, 1.54) is 0 Å². The number of aromatic nitrogens is 2. The van der Waals surface area contributed by atoms with E-state index in [2.05, 4.69) is 19.8 Å². The Bertz CT molecular complexity index is 814. The molecule has 28 heavy (non-hydrogen) atoms. The van der Waals surface area contributed by atoms with Gasteiger partial charge in [-0.05, 0) is 24.3 Å². The van der Waals surface area contributed by atoms with E-state index >= 15 is 0 Å². The van der Waals surface area contributed by atoms with Crippen molar-refractivity contribution in [1.82, 2.24) is 19.8 Å². The maximum atomic E-state index is 12.8. The summed E-state index contributed by atoms with van der Waals surface area (Å²) in [5.41, 5.74) is 0.650. The van der Waals surface area contributed by atoms with Crippen LogP contribution in [0.25, 0.3) is 0 Å². The molecule has 8 heteroatoms. The zero-order valence-electron chi connectivity index (χ0n) is 15.8. The van der Waals surface area contributed by atoms with Crippen LogP contribution in [0.2, 0.25) is 0 Å². The second-order valence-electron chi connectivity index (χ2n) is 7.00. The van der Waals surface area contributed by atoms with Gasteiger partial charge in [0.1, 0.15) is 11.6 Å². The Kier molecular flexibility index (Phi) is 5.36. The van der Waals surface area contributed by atoms with Gasteiger partial charge in [-0.3, -0.25) is 9.59 Å². The van der Waals surface area contributed by atoms with Gasteiger partial charge in [-0.1, -0.05) is 6.07 Å². The zero-order chi connectivity index (χ0) is 19.3. The normalized spacial score (nSPS) is 17.6. The highest BCUT2D eigenvalue weighted by Gasteiger charge is 2.23. The van der Waals surface area contributed by atoms with Gasteiger partial charge >= 0.3 is 0 Å². The zero-order valence-corrected chi connectivity index (χ0v) is 15.8. The highest BCUT2D eigenvalue weighted by Crippen LogP contribution is 2.19. The molecule has 2 saturated heterocycles. The van der Waals surface area contributed by atoms with Crippen LogP contribution >= 0.6 is 0 Å². The van der Waals surface area contributed by atoms with Gasteiger partial charge in [-0.25, -0.2) is 9.97 Å². The maximum absolute atomic E-state index is 12.8. The third kappa shape index (κ3) is 3.90. The first-order chi connectivity index (χ1) is 13.7. The molecule has 4 rings (SSSR count). The molecule has 2 aliphatic heterocycles. The Morgan fingerprint density at radius 1 is 0.821 bits per heavy atom. The summed E-state index contributed by atoms with van der Waals surface area (Å²) >= 11 is 0. The molecule has 146 valence electrons. The molecule has 0 unspecified atom stereocenters. The fourth-order valence-electron chi connectivity index (χ4n) is 3.64. The van der Waals surface area contributed by atoms with Crippen LogP contribution in [-0.4, -0.2) is 84.4 Å². The van der Waals surface area contributed by atoms with Crippen molar-refractivity contribution in [3.8, 4) is 0 Å². The van der Waals surface area contributed by atoms with Crippen LogP contribution in [0.5, 0.6) is 0 Å². The van der Waals surface area contributed by atoms with Gasteiger partial charge in [0.25, 0.3) is 5.91 Å². The average molecular weight is 380 g/mol. The summed E-state index contributed by atoms with van der Waals surface area (Å²) in [7, 11) is 0. The Hall–Kier alpha value is -3.16. The summed E-state index contributed by atoms with van der Waals surface area (Å²) in [5.74, 6) is 1.83. The van der Waals surface area contributed by atoms with E-state index in [9.17, 15) is 9.59 Å². The van der Waals surface area contributed by atoms with Gasteiger partial charge in [-0.15, -0.1) is 0 Å². The Morgan fingerprint density at radius 3 is 2.14 bits per heavy atom. The molecule has 0 atom stereocenters. The number of anilines is 2. The van der Waals surface area contributed by atoms with Crippen molar-refractivity contribution in [1.29, 1.82) is 0 Å². The molecule has 2 aromatic rings. The van der Waals surface area contributed by atoms with E-state index < -0.39 is 0 Å². The van der Waals surface area contributed by atoms with Crippen LogP contribution in [0, 0.1) is 0 Å². The summed E-state index contributed by atoms with van der Waals surface area (Å²) in [4.78, 5) is 40.5. The summed E-state index contributed by atoms with van der Waals surface area (Å²) in [6.07, 6.45) is 4.36. The fraction of sp³-hybridized carbons (Fsp3) is 0.400. The largest absolute Gasteiger partial charge is 0.353 e. The predicted octanol–water partition coefficient (Wildman–Crippen LogP) is 0.717. The van der Waals surface area contributed by atoms with Gasteiger partial charge in [0.05, 0.1) is 0 Å². The molecule has 2 amide bonds. The van der Waals surface area contributed by atoms with Gasteiger partial charge in [-0.2, -0.15) is 0 Å². The minimum absolute atomic E-state index is 0.00122. The van der Waals surface area contributed by atoms with Gasteiger partial charge < -0.3 is 19.6 Å². The monoisotopic (exact) mass is 380 g/mol. The second-order valence-corrected chi connectivity index (χ2v) is 7.00. The molecule has 0 aliphatic carbocycles. The maximum Gasteiger partial charge on any atom is 0.254 e. The lowest BCUT2D eigenvalue weighted by Gasteiger charge is -2.36. The molecule has 0 aromatic carbocycles. The molecule has 2 aromatic heterocycles. The minimum Gasteiger partial charge on any atom is -0.353 e. The molecule has 2 aliphatic rings. The third-order valence-corrected chi connectivity index (χ3v) is 5.32. The van der Waals surface area contributed by atoms with Crippen LogP contribution in [0.3, 0.4) is 0 Å². The molecule has 0 radical (unpaired) electrons. The lowest BCUT2D eigenvalue weighted by Crippen LogP contribution is -2.48. The smallest absolute Gasteiger partial charge is 0.254 e. The van der Waals surface area contributed by atoms with Crippen LogP contribution in [0.1, 0.15) is 10.4 Å². The standard InChI is InChI=1S/C20H24N6O2/c27-16-23-7-9-26(10-8-23)20(28)17-4-6-22-19(15-17)25-13-11-24(12-14-25)18-3-1-2-5-21-18/h1-6,15-16H,7-14H2. The lowest BCUT2D eigenvalue weighted by atomic mass is 10.2. The number of carbonyl (C=O) groups is 2. The molecule has 0 saturated carbocycles. The fourth-order valence-corrected chi connectivity index (χ4v) is 3.64. The van der Waals surface area contributed by atoms with Crippen molar-refractivity contribution >= 4 is 24.0 Å². The number of piperazine rings is 2. The molecule has 0 spiro atoms. The average Bonchev–Trinajstić information content (AvgIpc) is 2.79. The quantitative estimate of drug-likeness (QED) is 0.728. The van der Waals surface area contributed by atoms with Crippen LogP contribution < -0.4 is 9.80 Å². The van der Waals surface area contributed by atoms with Crippen molar-refractivity contribution in [2.24, 2.45) is 0 Å². The molecular formula is C20H24N6O2. The van der Waals surface area contributed by atoms with Crippen molar-refractivity contribution in [3.05, 3.63) is 48.3 Å². The number of carbonyl (C=O) groups excluding carboxylic acids is 2. The molecule has 2 fully saturated rings. The van der Waals surface area contributed by atoms with Gasteiger partial charge in [0.15, 0.2) is 0 Å². The number of rotatable bonds is 4. The number of nitrogens with zero attached hydrogens (tertiary/aromatic N) is 6. The van der Waals surface area contributed by atoms with E-state index in [1.54, 1.807) is 22.1 Å². The summed E-state index contributed by atoms with van der Waals surface area (Å²) < 4.78 is 0. The molecule has 0 bridgehead atoms. The van der Waals surface area contributed by atoms with Crippen molar-refractivity contribution in [3.63, 3.8) is 0 Å². The SMILES string of the molecule is O=CN1CCN(C(=O)c2ccnc(N3CCN(c4ccccn4)CC3)c2)CC1. The first kappa shape index (κ1) is 18.2. The van der Waals surface area contributed by atoms with Crippen molar-refractivity contribution in [2.75, 3.05) is 62.2 Å². The second kappa shape index (κ2) is 8.24. The summed E-state index contributed by atoms with van der Waals surface area (Å²) in [6.45, 7) is 5.70. The van der Waals surface area contributed by atoms with Crippen LogP contribution in [0.4, 0.5) is 11.6 Å². The predicted molar refractivity (Wildman–Crippen MR) is 106 cm³/mol. The minimum atomic E-state index is 0.00122. The third-order valence-electron chi connectivity index (χ3n) is 5.32. The van der Waals surface area contributed by atoms with Crippen molar-refractivity contribution in [2.45, 2.75) is 0 Å². The number of pyridine rings is 2. The topological polar surface area (TPSA) is 72.9 Å². The highest BCUT2D eigenvalue weighted by atomic mass is 16.2. The Morgan fingerprint density at radius 2 is 1.50 bits per heavy atom. The number of amides is 2. The molecular weight excluding hydrogens is 356 g/mol. The van der Waals surface area contributed by atoms with Crippen LogP contribution in [-0.2, 0) is 4.79 Å².